The van der Waals surface area contributed by atoms with Crippen molar-refractivity contribution in [3.05, 3.63) is 35.6 Å². The lowest BCUT2D eigenvalue weighted by Gasteiger charge is -2.33. The Morgan fingerprint density at radius 2 is 1.75 bits per heavy atom. The van der Waals surface area contributed by atoms with Crippen molar-refractivity contribution in [1.82, 2.24) is 10.2 Å². The lowest BCUT2D eigenvalue weighted by atomic mass is 9.82. The fourth-order valence-electron chi connectivity index (χ4n) is 3.06. The highest BCUT2D eigenvalue weighted by Crippen LogP contribution is 2.26. The van der Waals surface area contributed by atoms with E-state index < -0.39 is 5.54 Å². The summed E-state index contributed by atoms with van der Waals surface area (Å²) in [4.78, 5) is 14.4. The first-order chi connectivity index (χ1) is 10.4. The summed E-state index contributed by atoms with van der Waals surface area (Å²) in [6.45, 7) is 0.469. The van der Waals surface area contributed by atoms with Gasteiger partial charge in [-0.3, -0.25) is 4.79 Å². The van der Waals surface area contributed by atoms with Crippen LogP contribution in [0.25, 0.3) is 0 Å². The number of halogens is 3. The van der Waals surface area contributed by atoms with Crippen LogP contribution >= 0.6 is 24.8 Å². The Morgan fingerprint density at radius 1 is 1.21 bits per heavy atom. The van der Waals surface area contributed by atoms with Gasteiger partial charge in [0.25, 0.3) is 0 Å². The molecule has 3 N–H and O–H groups in total. The Bertz CT molecular complexity index is 505. The Hall–Kier alpha value is -0.880. The van der Waals surface area contributed by atoms with Gasteiger partial charge in [0.2, 0.25) is 5.91 Å². The Morgan fingerprint density at radius 3 is 2.25 bits per heavy atom. The Labute approximate surface area is 156 Å². The van der Waals surface area contributed by atoms with Crippen LogP contribution in [0.2, 0.25) is 0 Å². The summed E-state index contributed by atoms with van der Waals surface area (Å²) in [5, 5.41) is 2.99. The van der Waals surface area contributed by atoms with E-state index in [0.29, 0.717) is 6.54 Å². The topological polar surface area (TPSA) is 58.4 Å². The second kappa shape index (κ2) is 10.2. The lowest BCUT2D eigenvalue weighted by Crippen LogP contribution is -2.55. The van der Waals surface area contributed by atoms with Gasteiger partial charge in [0.15, 0.2) is 0 Å². The zero-order chi connectivity index (χ0) is 16.2. The van der Waals surface area contributed by atoms with Crippen molar-refractivity contribution in [1.29, 1.82) is 0 Å². The highest BCUT2D eigenvalue weighted by Gasteiger charge is 2.35. The molecular weight excluding hydrogens is 352 g/mol. The smallest absolute Gasteiger partial charge is 0.240 e. The van der Waals surface area contributed by atoms with E-state index in [0.717, 1.165) is 37.7 Å². The molecule has 4 nitrogen and oxygen atoms in total. The number of nitrogens with zero attached hydrogens (tertiary/aromatic N) is 1. The molecule has 1 aliphatic rings. The summed E-state index contributed by atoms with van der Waals surface area (Å²) >= 11 is 0. The molecule has 1 aromatic rings. The number of carbonyl (C=O) groups is 1. The summed E-state index contributed by atoms with van der Waals surface area (Å²) < 4.78 is 13.1. The molecule has 1 aliphatic carbocycles. The van der Waals surface area contributed by atoms with Crippen LogP contribution in [0.15, 0.2) is 24.3 Å². The van der Waals surface area contributed by atoms with Crippen molar-refractivity contribution < 1.29 is 9.18 Å². The van der Waals surface area contributed by atoms with Gasteiger partial charge in [-0.25, -0.2) is 4.39 Å². The van der Waals surface area contributed by atoms with E-state index in [9.17, 15) is 9.18 Å². The maximum atomic E-state index is 13.1. The number of rotatable bonds is 5. The number of hydrogen-bond donors (Lipinski definition) is 2. The van der Waals surface area contributed by atoms with Crippen LogP contribution in [0.5, 0.6) is 0 Å². The molecule has 1 fully saturated rings. The van der Waals surface area contributed by atoms with Crippen molar-refractivity contribution in [2.45, 2.75) is 43.7 Å². The Kier molecular flexibility index (Phi) is 9.81. The van der Waals surface area contributed by atoms with Gasteiger partial charge in [0.05, 0.1) is 11.6 Å². The predicted molar refractivity (Wildman–Crippen MR) is 100 cm³/mol. The number of carbonyl (C=O) groups excluding carboxylic acids is 1. The lowest BCUT2D eigenvalue weighted by molar-refractivity contribution is -0.127. The first-order valence-corrected chi connectivity index (χ1v) is 7.91. The molecule has 0 aliphatic heterocycles. The first kappa shape index (κ1) is 23.1. The third-order valence-corrected chi connectivity index (χ3v) is 4.53. The zero-order valence-electron chi connectivity index (χ0n) is 14.3. The standard InChI is InChI=1S/C17H26FN3O.2ClH/c1-21(2)15(13-6-8-14(18)9-7-13)12-20-16(22)17(19)10-4-3-5-11-17;;/h6-9,15H,3-5,10-12,19H2,1-2H3,(H,20,22);2*1H. The zero-order valence-corrected chi connectivity index (χ0v) is 15.9. The van der Waals surface area contributed by atoms with Gasteiger partial charge in [-0.05, 0) is 44.6 Å². The van der Waals surface area contributed by atoms with Gasteiger partial charge >= 0.3 is 0 Å². The normalized spacial score (nSPS) is 17.4. The summed E-state index contributed by atoms with van der Waals surface area (Å²) in [6.07, 6.45) is 4.68. The van der Waals surface area contributed by atoms with Gasteiger partial charge in [0.1, 0.15) is 5.82 Å². The largest absolute Gasteiger partial charge is 0.353 e. The van der Waals surface area contributed by atoms with Gasteiger partial charge in [-0.1, -0.05) is 31.4 Å². The van der Waals surface area contributed by atoms with Crippen LogP contribution in [0.4, 0.5) is 4.39 Å². The highest BCUT2D eigenvalue weighted by atomic mass is 35.5. The molecule has 0 saturated heterocycles. The van der Waals surface area contributed by atoms with Crippen molar-refractivity contribution in [2.75, 3.05) is 20.6 Å². The monoisotopic (exact) mass is 379 g/mol. The molecule has 0 bridgehead atoms. The van der Waals surface area contributed by atoms with E-state index in [1.807, 2.05) is 19.0 Å². The average molecular weight is 380 g/mol. The number of amides is 1. The van der Waals surface area contributed by atoms with Gasteiger partial charge in [0, 0.05) is 6.54 Å². The van der Waals surface area contributed by atoms with Gasteiger partial charge < -0.3 is 16.0 Å². The molecule has 0 aromatic heterocycles. The second-order valence-electron chi connectivity index (χ2n) is 6.46. The molecule has 0 radical (unpaired) electrons. The van der Waals surface area contributed by atoms with Crippen molar-refractivity contribution in [2.24, 2.45) is 5.73 Å². The number of likely N-dealkylation sites (N-methyl/N-ethyl adjacent to an activating group) is 1. The van der Waals surface area contributed by atoms with E-state index in [-0.39, 0.29) is 42.6 Å². The van der Waals surface area contributed by atoms with Crippen LogP contribution in [0, 0.1) is 5.82 Å². The molecule has 1 amide bonds. The number of hydrogen-bond acceptors (Lipinski definition) is 3. The average Bonchev–Trinajstić information content (AvgIpc) is 2.49. The minimum atomic E-state index is -0.724. The van der Waals surface area contributed by atoms with Crippen LogP contribution in [-0.4, -0.2) is 37.0 Å². The minimum Gasteiger partial charge on any atom is -0.353 e. The van der Waals surface area contributed by atoms with E-state index in [1.54, 1.807) is 12.1 Å². The molecule has 1 saturated carbocycles. The van der Waals surface area contributed by atoms with E-state index in [2.05, 4.69) is 5.32 Å². The number of nitrogens with one attached hydrogen (secondary N) is 1. The van der Waals surface area contributed by atoms with Crippen molar-refractivity contribution in [3.63, 3.8) is 0 Å². The minimum absolute atomic E-state index is 0. The molecule has 0 spiro atoms. The summed E-state index contributed by atoms with van der Waals surface area (Å²) in [6, 6.07) is 6.39. The van der Waals surface area contributed by atoms with Gasteiger partial charge in [-0.2, -0.15) is 0 Å². The first-order valence-electron chi connectivity index (χ1n) is 7.91. The van der Waals surface area contributed by atoms with E-state index >= 15 is 0 Å². The molecule has 138 valence electrons. The fraction of sp³-hybridized carbons (Fsp3) is 0.588. The third kappa shape index (κ3) is 5.88. The number of nitrogens with two attached hydrogens (primary N) is 1. The molecule has 7 heteroatoms. The number of benzene rings is 1. The molecule has 0 heterocycles. The maximum absolute atomic E-state index is 13.1. The highest BCUT2D eigenvalue weighted by molar-refractivity contribution is 5.86. The molecule has 1 aromatic carbocycles. The molecule has 1 unspecified atom stereocenters. The maximum Gasteiger partial charge on any atom is 0.240 e. The van der Waals surface area contributed by atoms with E-state index in [4.69, 9.17) is 5.73 Å². The van der Waals surface area contributed by atoms with Crippen LogP contribution in [0.1, 0.15) is 43.7 Å². The summed E-state index contributed by atoms with van der Waals surface area (Å²) in [5.41, 5.74) is 6.50. The predicted octanol–water partition coefficient (Wildman–Crippen LogP) is 3.05. The summed E-state index contributed by atoms with van der Waals surface area (Å²) in [5.74, 6) is -0.324. The third-order valence-electron chi connectivity index (χ3n) is 4.53. The Balaban J connectivity index is 0.00000264. The van der Waals surface area contributed by atoms with Crippen molar-refractivity contribution >= 4 is 30.7 Å². The van der Waals surface area contributed by atoms with Gasteiger partial charge in [-0.15, -0.1) is 24.8 Å². The van der Waals surface area contributed by atoms with Crippen molar-refractivity contribution in [3.8, 4) is 0 Å². The molecule has 1 atom stereocenters. The SMILES string of the molecule is CN(C)C(CNC(=O)C1(N)CCCCC1)c1ccc(F)cc1.Cl.Cl. The fourth-order valence-corrected chi connectivity index (χ4v) is 3.06. The second-order valence-corrected chi connectivity index (χ2v) is 6.46. The molecule has 24 heavy (non-hydrogen) atoms. The molecular formula is C17H28Cl2FN3O. The molecule has 2 rings (SSSR count). The van der Waals surface area contributed by atoms with Crippen LogP contribution in [0.3, 0.4) is 0 Å². The quantitative estimate of drug-likeness (QED) is 0.826. The van der Waals surface area contributed by atoms with E-state index in [1.165, 1.54) is 12.1 Å². The summed E-state index contributed by atoms with van der Waals surface area (Å²) in [7, 11) is 3.89. The van der Waals surface area contributed by atoms with Crippen LogP contribution in [-0.2, 0) is 4.79 Å². The van der Waals surface area contributed by atoms with Crippen LogP contribution < -0.4 is 11.1 Å².